The lowest BCUT2D eigenvalue weighted by Crippen LogP contribution is -2.38. The van der Waals surface area contributed by atoms with Crippen LogP contribution in [0.1, 0.15) is 117 Å². The molecule has 0 amide bonds. The van der Waals surface area contributed by atoms with Crippen LogP contribution in [0.4, 0.5) is 0 Å². The maximum Gasteiger partial charge on any atom is 0.305 e. The second-order valence-corrected chi connectivity index (χ2v) is 8.64. The summed E-state index contributed by atoms with van der Waals surface area (Å²) in [4.78, 5) is 11.1. The third kappa shape index (κ3) is 16.1. The fourth-order valence-corrected chi connectivity index (χ4v) is 3.94. The van der Waals surface area contributed by atoms with Gasteiger partial charge in [-0.2, -0.15) is 0 Å². The minimum atomic E-state index is -0.629. The van der Waals surface area contributed by atoms with Gasteiger partial charge in [0.1, 0.15) is 6.10 Å². The highest BCUT2D eigenvalue weighted by atomic mass is 16.5. The van der Waals surface area contributed by atoms with E-state index in [-0.39, 0.29) is 18.5 Å². The van der Waals surface area contributed by atoms with Gasteiger partial charge in [0.2, 0.25) is 0 Å². The molecular weight excluding hydrogens is 380 g/mol. The number of ether oxygens (including phenoxy) is 2. The molecule has 2 N–H and O–H groups in total. The number of unbranched alkanes of at least 4 members (excludes halogenated alkanes) is 10. The van der Waals surface area contributed by atoms with Gasteiger partial charge in [-0.25, -0.2) is 0 Å². The largest absolute Gasteiger partial charge is 0.469 e. The van der Waals surface area contributed by atoms with E-state index in [9.17, 15) is 15.0 Å². The van der Waals surface area contributed by atoms with E-state index in [1.807, 2.05) is 0 Å². The van der Waals surface area contributed by atoms with Crippen molar-refractivity contribution in [3.8, 4) is 0 Å². The summed E-state index contributed by atoms with van der Waals surface area (Å²) >= 11 is 0. The third-order valence-electron chi connectivity index (χ3n) is 5.99. The summed E-state index contributed by atoms with van der Waals surface area (Å²) in [5.41, 5.74) is 0. The van der Waals surface area contributed by atoms with Gasteiger partial charge in [-0.05, 0) is 31.6 Å². The predicted octanol–water partition coefficient (Wildman–Crippen LogP) is 5.80. The lowest BCUT2D eigenvalue weighted by atomic mass is 9.87. The van der Waals surface area contributed by atoms with Crippen molar-refractivity contribution < 1.29 is 24.5 Å². The Hall–Kier alpha value is -0.650. The molecule has 0 aromatic heterocycles. The molecule has 0 saturated carbocycles. The molecule has 0 bridgehead atoms. The van der Waals surface area contributed by atoms with Crippen LogP contribution in [-0.4, -0.2) is 48.7 Å². The van der Waals surface area contributed by atoms with E-state index in [4.69, 9.17) is 4.74 Å². The summed E-state index contributed by atoms with van der Waals surface area (Å²) < 4.78 is 10.4. The topological polar surface area (TPSA) is 76.0 Å². The van der Waals surface area contributed by atoms with E-state index >= 15 is 0 Å². The summed E-state index contributed by atoms with van der Waals surface area (Å²) in [6.45, 7) is 4.70. The standard InChI is InChI=1S/C25H50O5/c1-4-6-8-9-10-11-12-13-14-18-22(17-7-5-2)25(28)23(21-26)30-20-16-15-19-24(27)29-3/h22-23,25-26,28H,4-21H2,1-3H3/t22?,23-,25?/m0/s1. The minimum absolute atomic E-state index is 0.168. The molecule has 0 aromatic carbocycles. The van der Waals surface area contributed by atoms with Gasteiger partial charge in [-0.1, -0.05) is 84.5 Å². The normalized spacial score (nSPS) is 14.4. The second-order valence-electron chi connectivity index (χ2n) is 8.64. The summed E-state index contributed by atoms with van der Waals surface area (Å²) in [6, 6.07) is 0. The average molecular weight is 431 g/mol. The number of rotatable bonds is 22. The number of carbonyl (C=O) groups is 1. The number of hydrogen-bond acceptors (Lipinski definition) is 5. The van der Waals surface area contributed by atoms with Crippen LogP contribution < -0.4 is 0 Å². The first-order chi connectivity index (χ1) is 14.6. The van der Waals surface area contributed by atoms with Crippen molar-refractivity contribution in [3.05, 3.63) is 0 Å². The zero-order valence-electron chi connectivity index (χ0n) is 20.1. The SMILES string of the molecule is CCCCCCCCCCCC(CCCC)C(O)[C@H](CO)OCCCCC(=O)OC. The smallest absolute Gasteiger partial charge is 0.305 e. The highest BCUT2D eigenvalue weighted by molar-refractivity contribution is 5.68. The molecule has 0 rings (SSSR count). The van der Waals surface area contributed by atoms with Crippen LogP contribution in [0.2, 0.25) is 0 Å². The van der Waals surface area contributed by atoms with Gasteiger partial charge in [0, 0.05) is 13.0 Å². The van der Waals surface area contributed by atoms with Crippen LogP contribution in [0.15, 0.2) is 0 Å². The Bertz CT molecular complexity index is 375. The number of carbonyl (C=O) groups excluding carboxylic acids is 1. The van der Waals surface area contributed by atoms with Crippen LogP contribution in [0, 0.1) is 5.92 Å². The zero-order valence-corrected chi connectivity index (χ0v) is 20.1. The Morgan fingerprint density at radius 3 is 1.93 bits per heavy atom. The van der Waals surface area contributed by atoms with Crippen molar-refractivity contribution >= 4 is 5.97 Å². The molecule has 0 saturated heterocycles. The fourth-order valence-electron chi connectivity index (χ4n) is 3.94. The average Bonchev–Trinajstić information content (AvgIpc) is 2.76. The first-order valence-electron chi connectivity index (χ1n) is 12.6. The predicted molar refractivity (Wildman–Crippen MR) is 124 cm³/mol. The monoisotopic (exact) mass is 430 g/mol. The number of hydrogen-bond donors (Lipinski definition) is 2. The third-order valence-corrected chi connectivity index (χ3v) is 5.99. The molecule has 0 fully saturated rings. The van der Waals surface area contributed by atoms with Gasteiger partial charge in [0.05, 0.1) is 19.8 Å². The molecule has 30 heavy (non-hydrogen) atoms. The van der Waals surface area contributed by atoms with Crippen molar-refractivity contribution in [2.45, 2.75) is 129 Å². The van der Waals surface area contributed by atoms with Gasteiger partial charge in [-0.15, -0.1) is 0 Å². The molecule has 0 aliphatic carbocycles. The van der Waals surface area contributed by atoms with Crippen LogP contribution in [0.5, 0.6) is 0 Å². The molecule has 3 atom stereocenters. The van der Waals surface area contributed by atoms with Gasteiger partial charge in [-0.3, -0.25) is 4.79 Å². The lowest BCUT2D eigenvalue weighted by molar-refractivity contribution is -0.140. The molecule has 0 aromatic rings. The Balaban J connectivity index is 4.17. The molecule has 0 aliphatic rings. The summed E-state index contributed by atoms with van der Waals surface area (Å²) in [5.74, 6) is -0.0314. The molecule has 2 unspecified atom stereocenters. The van der Waals surface area contributed by atoms with E-state index in [0.717, 1.165) is 38.5 Å². The van der Waals surface area contributed by atoms with Crippen molar-refractivity contribution in [3.63, 3.8) is 0 Å². The number of methoxy groups -OCH3 is 1. The lowest BCUT2D eigenvalue weighted by Gasteiger charge is -2.29. The molecule has 0 spiro atoms. The fraction of sp³-hybridized carbons (Fsp3) is 0.960. The number of esters is 1. The van der Waals surface area contributed by atoms with Crippen LogP contribution in [0.25, 0.3) is 0 Å². The van der Waals surface area contributed by atoms with E-state index in [2.05, 4.69) is 18.6 Å². The molecule has 0 radical (unpaired) electrons. The highest BCUT2D eigenvalue weighted by Gasteiger charge is 2.27. The summed E-state index contributed by atoms with van der Waals surface area (Å²) in [5, 5.41) is 20.6. The molecule has 180 valence electrons. The first-order valence-corrected chi connectivity index (χ1v) is 12.6. The van der Waals surface area contributed by atoms with Gasteiger partial charge < -0.3 is 19.7 Å². The summed E-state index contributed by atoms with van der Waals surface area (Å²) in [7, 11) is 1.39. The van der Waals surface area contributed by atoms with Gasteiger partial charge in [0.15, 0.2) is 0 Å². The van der Waals surface area contributed by atoms with Crippen molar-refractivity contribution in [2.75, 3.05) is 20.3 Å². The Kier molecular flexibility index (Phi) is 21.1. The van der Waals surface area contributed by atoms with E-state index in [0.29, 0.717) is 19.4 Å². The molecule has 0 aliphatic heterocycles. The quantitative estimate of drug-likeness (QED) is 0.168. The van der Waals surface area contributed by atoms with E-state index in [1.54, 1.807) is 0 Å². The molecule has 0 heterocycles. The number of aliphatic hydroxyl groups is 2. The Labute approximate surface area is 185 Å². The highest BCUT2D eigenvalue weighted by Crippen LogP contribution is 2.24. The molecular formula is C25H50O5. The van der Waals surface area contributed by atoms with E-state index < -0.39 is 12.2 Å². The van der Waals surface area contributed by atoms with Crippen molar-refractivity contribution in [2.24, 2.45) is 5.92 Å². The first kappa shape index (κ1) is 29.4. The van der Waals surface area contributed by atoms with Gasteiger partial charge >= 0.3 is 5.97 Å². The summed E-state index contributed by atoms with van der Waals surface area (Å²) in [6.07, 6.45) is 16.5. The Morgan fingerprint density at radius 1 is 0.800 bits per heavy atom. The zero-order chi connectivity index (χ0) is 22.5. The number of aliphatic hydroxyl groups excluding tert-OH is 2. The van der Waals surface area contributed by atoms with Crippen molar-refractivity contribution in [1.29, 1.82) is 0 Å². The van der Waals surface area contributed by atoms with Crippen LogP contribution >= 0.6 is 0 Å². The minimum Gasteiger partial charge on any atom is -0.469 e. The Morgan fingerprint density at radius 2 is 1.37 bits per heavy atom. The molecule has 5 heteroatoms. The van der Waals surface area contributed by atoms with Crippen molar-refractivity contribution in [1.82, 2.24) is 0 Å². The second kappa shape index (κ2) is 21.6. The molecule has 5 nitrogen and oxygen atoms in total. The van der Waals surface area contributed by atoms with E-state index in [1.165, 1.54) is 58.5 Å². The van der Waals surface area contributed by atoms with Crippen LogP contribution in [-0.2, 0) is 14.3 Å². The maximum atomic E-state index is 11.1. The van der Waals surface area contributed by atoms with Crippen LogP contribution in [0.3, 0.4) is 0 Å². The van der Waals surface area contributed by atoms with Gasteiger partial charge in [0.25, 0.3) is 0 Å². The maximum absolute atomic E-state index is 11.1.